The van der Waals surface area contributed by atoms with Gasteiger partial charge in [-0.25, -0.2) is 4.79 Å². The standard InChI is InChI=1S/C14H11ClN2O6/c1-8(16-13(18)12-3-2-6-22-12)14(19)23-11-5-4-9(15)7-10(11)17(20)21/h2-8H,1H3,(H,16,18). The Morgan fingerprint density at radius 2 is 2.13 bits per heavy atom. The van der Waals surface area contributed by atoms with Crippen LogP contribution < -0.4 is 10.1 Å². The molecule has 0 aliphatic carbocycles. The van der Waals surface area contributed by atoms with E-state index >= 15 is 0 Å². The van der Waals surface area contributed by atoms with Crippen LogP contribution in [0.4, 0.5) is 5.69 Å². The third-order valence-corrected chi connectivity index (χ3v) is 3.01. The molecular formula is C14H11ClN2O6. The molecule has 0 bridgehead atoms. The number of nitrogens with zero attached hydrogens (tertiary/aromatic N) is 1. The van der Waals surface area contributed by atoms with Gasteiger partial charge in [-0.05, 0) is 31.2 Å². The molecule has 1 N–H and O–H groups in total. The number of benzene rings is 1. The molecule has 0 aliphatic rings. The number of carbonyl (C=O) groups excluding carboxylic acids is 2. The first-order valence-electron chi connectivity index (χ1n) is 6.38. The van der Waals surface area contributed by atoms with Crippen molar-refractivity contribution in [3.63, 3.8) is 0 Å². The number of ether oxygens (including phenoxy) is 1. The van der Waals surface area contributed by atoms with E-state index in [2.05, 4.69) is 5.32 Å². The first-order valence-corrected chi connectivity index (χ1v) is 6.76. The minimum atomic E-state index is -1.04. The van der Waals surface area contributed by atoms with E-state index in [4.69, 9.17) is 20.8 Å². The van der Waals surface area contributed by atoms with E-state index in [1.807, 2.05) is 0 Å². The van der Waals surface area contributed by atoms with Gasteiger partial charge in [0.25, 0.3) is 5.91 Å². The fourth-order valence-corrected chi connectivity index (χ4v) is 1.82. The van der Waals surface area contributed by atoms with Gasteiger partial charge in [0.2, 0.25) is 5.75 Å². The van der Waals surface area contributed by atoms with Crippen LogP contribution in [-0.2, 0) is 4.79 Å². The van der Waals surface area contributed by atoms with Crippen molar-refractivity contribution in [1.29, 1.82) is 0 Å². The van der Waals surface area contributed by atoms with Gasteiger partial charge >= 0.3 is 11.7 Å². The van der Waals surface area contributed by atoms with Gasteiger partial charge in [0.05, 0.1) is 11.2 Å². The molecule has 1 aromatic heterocycles. The molecule has 0 aliphatic heterocycles. The van der Waals surface area contributed by atoms with Crippen molar-refractivity contribution in [3.8, 4) is 5.75 Å². The van der Waals surface area contributed by atoms with Gasteiger partial charge in [-0.15, -0.1) is 0 Å². The van der Waals surface area contributed by atoms with E-state index < -0.39 is 28.5 Å². The molecule has 23 heavy (non-hydrogen) atoms. The zero-order valence-corrected chi connectivity index (χ0v) is 12.6. The topological polar surface area (TPSA) is 112 Å². The Labute approximate surface area is 135 Å². The summed E-state index contributed by atoms with van der Waals surface area (Å²) in [5.41, 5.74) is -0.449. The maximum atomic E-state index is 12.0. The van der Waals surface area contributed by atoms with Gasteiger partial charge in [-0.3, -0.25) is 14.9 Å². The predicted octanol–water partition coefficient (Wildman–Crippen LogP) is 2.57. The van der Waals surface area contributed by atoms with E-state index in [1.165, 1.54) is 37.5 Å². The molecule has 2 rings (SSSR count). The van der Waals surface area contributed by atoms with E-state index in [0.717, 1.165) is 6.07 Å². The largest absolute Gasteiger partial charge is 0.459 e. The Morgan fingerprint density at radius 1 is 1.39 bits per heavy atom. The number of esters is 1. The van der Waals surface area contributed by atoms with E-state index in [0.29, 0.717) is 0 Å². The minimum absolute atomic E-state index is 0.0297. The Hall–Kier alpha value is -2.87. The summed E-state index contributed by atoms with van der Waals surface area (Å²) in [5.74, 6) is -1.70. The van der Waals surface area contributed by atoms with Gasteiger partial charge in [0.15, 0.2) is 5.76 Å². The predicted molar refractivity (Wildman–Crippen MR) is 79.4 cm³/mol. The number of carbonyl (C=O) groups is 2. The van der Waals surface area contributed by atoms with Gasteiger partial charge in [0, 0.05) is 11.1 Å². The number of halogens is 1. The summed E-state index contributed by atoms with van der Waals surface area (Å²) in [5, 5.41) is 13.4. The van der Waals surface area contributed by atoms with E-state index in [9.17, 15) is 19.7 Å². The van der Waals surface area contributed by atoms with Crippen LogP contribution in [0.15, 0.2) is 41.0 Å². The third-order valence-electron chi connectivity index (χ3n) is 2.77. The molecule has 0 saturated carbocycles. The maximum Gasteiger partial charge on any atom is 0.333 e. The highest BCUT2D eigenvalue weighted by atomic mass is 35.5. The Bertz CT molecular complexity index is 744. The average Bonchev–Trinajstić information content (AvgIpc) is 3.03. The highest BCUT2D eigenvalue weighted by Crippen LogP contribution is 2.30. The molecular weight excluding hydrogens is 328 g/mol. The average molecular weight is 339 g/mol. The number of hydrogen-bond donors (Lipinski definition) is 1. The number of nitrogens with one attached hydrogen (secondary N) is 1. The first-order chi connectivity index (χ1) is 10.9. The van der Waals surface area contributed by atoms with E-state index in [-0.39, 0.29) is 16.5 Å². The summed E-state index contributed by atoms with van der Waals surface area (Å²) in [6.45, 7) is 1.38. The van der Waals surface area contributed by atoms with Crippen LogP contribution in [-0.4, -0.2) is 22.8 Å². The van der Waals surface area contributed by atoms with Crippen LogP contribution in [0, 0.1) is 10.1 Å². The van der Waals surface area contributed by atoms with Gasteiger partial charge < -0.3 is 14.5 Å². The molecule has 1 amide bonds. The van der Waals surface area contributed by atoms with Crippen molar-refractivity contribution in [2.24, 2.45) is 0 Å². The lowest BCUT2D eigenvalue weighted by Gasteiger charge is -2.12. The van der Waals surface area contributed by atoms with Crippen molar-refractivity contribution >= 4 is 29.2 Å². The van der Waals surface area contributed by atoms with Crippen molar-refractivity contribution in [2.75, 3.05) is 0 Å². The fraction of sp³-hybridized carbons (Fsp3) is 0.143. The van der Waals surface area contributed by atoms with Gasteiger partial charge in [-0.1, -0.05) is 11.6 Å². The smallest absolute Gasteiger partial charge is 0.333 e. The first kappa shape index (κ1) is 16.5. The van der Waals surface area contributed by atoms with Crippen LogP contribution in [0.3, 0.4) is 0 Å². The molecule has 1 heterocycles. The lowest BCUT2D eigenvalue weighted by atomic mass is 10.3. The molecule has 0 fully saturated rings. The second kappa shape index (κ2) is 6.93. The van der Waals surface area contributed by atoms with Gasteiger partial charge in [-0.2, -0.15) is 0 Å². The van der Waals surface area contributed by atoms with Crippen LogP contribution in [0.5, 0.6) is 5.75 Å². The maximum absolute atomic E-state index is 12.0. The number of nitro benzene ring substituents is 1. The fourth-order valence-electron chi connectivity index (χ4n) is 1.65. The Kier molecular flexibility index (Phi) is 4.97. The summed E-state index contributed by atoms with van der Waals surface area (Å²) in [7, 11) is 0. The zero-order valence-electron chi connectivity index (χ0n) is 11.8. The van der Waals surface area contributed by atoms with E-state index in [1.54, 1.807) is 0 Å². The van der Waals surface area contributed by atoms with Crippen LogP contribution >= 0.6 is 11.6 Å². The van der Waals surface area contributed by atoms with Crippen LogP contribution in [0.2, 0.25) is 5.02 Å². The summed E-state index contributed by atoms with van der Waals surface area (Å²) in [6.07, 6.45) is 1.31. The van der Waals surface area contributed by atoms with Crippen molar-refractivity contribution in [3.05, 3.63) is 57.5 Å². The molecule has 0 saturated heterocycles. The SMILES string of the molecule is CC(NC(=O)c1ccco1)C(=O)Oc1ccc(Cl)cc1[N+](=O)[O-]. The summed E-state index contributed by atoms with van der Waals surface area (Å²) in [4.78, 5) is 33.9. The minimum Gasteiger partial charge on any atom is -0.459 e. The van der Waals surface area contributed by atoms with Crippen LogP contribution in [0.25, 0.3) is 0 Å². The van der Waals surface area contributed by atoms with Gasteiger partial charge in [0.1, 0.15) is 6.04 Å². The molecule has 9 heteroatoms. The monoisotopic (exact) mass is 338 g/mol. The number of rotatable bonds is 5. The third kappa shape index (κ3) is 4.07. The van der Waals surface area contributed by atoms with Crippen molar-refractivity contribution in [2.45, 2.75) is 13.0 Å². The lowest BCUT2D eigenvalue weighted by molar-refractivity contribution is -0.385. The summed E-state index contributed by atoms with van der Waals surface area (Å²) >= 11 is 5.67. The highest BCUT2D eigenvalue weighted by molar-refractivity contribution is 6.30. The lowest BCUT2D eigenvalue weighted by Crippen LogP contribution is -2.40. The second-order valence-corrected chi connectivity index (χ2v) is 4.90. The quantitative estimate of drug-likeness (QED) is 0.388. The van der Waals surface area contributed by atoms with Crippen LogP contribution in [0.1, 0.15) is 17.5 Å². The molecule has 2 aromatic rings. The Morgan fingerprint density at radius 3 is 2.74 bits per heavy atom. The molecule has 120 valence electrons. The highest BCUT2D eigenvalue weighted by Gasteiger charge is 2.24. The molecule has 1 aromatic carbocycles. The molecule has 1 atom stereocenters. The number of nitro groups is 1. The molecule has 0 radical (unpaired) electrons. The zero-order chi connectivity index (χ0) is 17.0. The summed E-state index contributed by atoms with van der Waals surface area (Å²) in [6, 6.07) is 5.54. The normalized spacial score (nSPS) is 11.6. The van der Waals surface area contributed by atoms with Crippen molar-refractivity contribution in [1.82, 2.24) is 5.32 Å². The number of amides is 1. The summed E-state index contributed by atoms with van der Waals surface area (Å²) < 4.78 is 9.85. The molecule has 8 nitrogen and oxygen atoms in total. The van der Waals surface area contributed by atoms with Crippen molar-refractivity contribution < 1.29 is 23.7 Å². The molecule has 0 spiro atoms. The number of hydrogen-bond acceptors (Lipinski definition) is 6. The molecule has 1 unspecified atom stereocenters. The second-order valence-electron chi connectivity index (χ2n) is 4.46. The number of furan rings is 1. The Balaban J connectivity index is 2.07.